The minimum absolute atomic E-state index is 0.137. The maximum atomic E-state index is 13.0. The van der Waals surface area contributed by atoms with Gasteiger partial charge in [-0.2, -0.15) is 0 Å². The molecule has 3 N–H and O–H groups in total. The molecule has 1 heterocycles. The van der Waals surface area contributed by atoms with Crippen LogP contribution < -0.4 is 11.3 Å². The van der Waals surface area contributed by atoms with Gasteiger partial charge in [-0.05, 0) is 18.2 Å². The molecule has 1 aromatic carbocycles. The molecule has 0 aliphatic carbocycles. The van der Waals surface area contributed by atoms with E-state index in [2.05, 4.69) is 10.4 Å². The number of nitrogens with zero attached hydrogens (tertiary/aromatic N) is 2. The number of anilines is 1. The number of aromatic nitrogens is 1. The molecule has 0 aliphatic rings. The molecule has 0 bridgehead atoms. The molecule has 8 heteroatoms. The summed E-state index contributed by atoms with van der Waals surface area (Å²) in [5.41, 5.74) is 2.12. The second kappa shape index (κ2) is 5.63. The Morgan fingerprint density at radius 1 is 1.37 bits per heavy atom. The summed E-state index contributed by atoms with van der Waals surface area (Å²) in [7, 11) is 0. The van der Waals surface area contributed by atoms with E-state index in [-0.39, 0.29) is 17.3 Å². The molecule has 0 saturated carbocycles. The lowest BCUT2D eigenvalue weighted by Crippen LogP contribution is -2.09. The zero-order valence-corrected chi connectivity index (χ0v) is 10.4. The van der Waals surface area contributed by atoms with Crippen LogP contribution in [0, 0.1) is 15.9 Å². The largest absolute Gasteiger partial charge is 0.308 e. The first kappa shape index (κ1) is 13.2. The number of nitro groups is 1. The van der Waals surface area contributed by atoms with Crippen LogP contribution in [0.1, 0.15) is 0 Å². The van der Waals surface area contributed by atoms with Crippen LogP contribution in [0.25, 0.3) is 0 Å². The normalized spacial score (nSPS) is 10.2. The number of rotatable bonds is 4. The summed E-state index contributed by atoms with van der Waals surface area (Å²) in [5.74, 6) is 4.99. The lowest BCUT2D eigenvalue weighted by molar-refractivity contribution is -0.385. The number of pyridine rings is 1. The Morgan fingerprint density at radius 3 is 2.79 bits per heavy atom. The van der Waals surface area contributed by atoms with E-state index in [9.17, 15) is 14.5 Å². The monoisotopic (exact) mass is 280 g/mol. The molecule has 0 aliphatic heterocycles. The van der Waals surface area contributed by atoms with Gasteiger partial charge in [-0.15, -0.1) is 0 Å². The van der Waals surface area contributed by atoms with Crippen molar-refractivity contribution in [1.82, 2.24) is 4.98 Å². The first-order valence-electron chi connectivity index (χ1n) is 5.15. The number of hydrazine groups is 1. The van der Waals surface area contributed by atoms with Gasteiger partial charge in [0, 0.05) is 11.0 Å². The van der Waals surface area contributed by atoms with Gasteiger partial charge in [0.25, 0.3) is 5.69 Å². The Kier molecular flexibility index (Phi) is 3.93. The molecule has 0 fully saturated rings. The van der Waals surface area contributed by atoms with Gasteiger partial charge in [-0.25, -0.2) is 15.2 Å². The van der Waals surface area contributed by atoms with Crippen molar-refractivity contribution in [2.24, 2.45) is 5.84 Å². The van der Waals surface area contributed by atoms with E-state index in [0.29, 0.717) is 9.92 Å². The number of hydrogen-bond acceptors (Lipinski definition) is 6. The Balaban J connectivity index is 2.34. The smallest absolute Gasteiger partial charge is 0.275 e. The van der Waals surface area contributed by atoms with Crippen molar-refractivity contribution in [3.63, 3.8) is 0 Å². The van der Waals surface area contributed by atoms with Crippen molar-refractivity contribution >= 4 is 23.3 Å². The van der Waals surface area contributed by atoms with Gasteiger partial charge in [0.15, 0.2) is 0 Å². The van der Waals surface area contributed by atoms with Gasteiger partial charge < -0.3 is 5.43 Å². The Labute approximate surface area is 112 Å². The first-order valence-corrected chi connectivity index (χ1v) is 5.96. The standard InChI is InChI=1S/C11H9FN4O2S/c12-7-2-1-3-9(4-7)19-11-6-8(16(17)18)5-10(14-11)15-13/h1-6H,13H2,(H,14,15). The maximum Gasteiger partial charge on any atom is 0.275 e. The molecule has 2 aromatic rings. The molecule has 0 radical (unpaired) electrons. The van der Waals surface area contributed by atoms with Crippen molar-refractivity contribution in [2.45, 2.75) is 9.92 Å². The highest BCUT2D eigenvalue weighted by molar-refractivity contribution is 7.99. The highest BCUT2D eigenvalue weighted by Gasteiger charge is 2.12. The van der Waals surface area contributed by atoms with Gasteiger partial charge in [0.1, 0.15) is 16.7 Å². The van der Waals surface area contributed by atoms with Crippen molar-refractivity contribution in [3.05, 3.63) is 52.3 Å². The van der Waals surface area contributed by atoms with Gasteiger partial charge in [-0.3, -0.25) is 10.1 Å². The third-order valence-electron chi connectivity index (χ3n) is 2.16. The van der Waals surface area contributed by atoms with Crippen molar-refractivity contribution < 1.29 is 9.31 Å². The van der Waals surface area contributed by atoms with Crippen LogP contribution in [0.15, 0.2) is 46.3 Å². The molecule has 0 unspecified atom stereocenters. The zero-order chi connectivity index (χ0) is 13.8. The molecule has 19 heavy (non-hydrogen) atoms. The van der Waals surface area contributed by atoms with E-state index in [4.69, 9.17) is 5.84 Å². The third-order valence-corrected chi connectivity index (χ3v) is 3.07. The summed E-state index contributed by atoms with van der Waals surface area (Å²) in [6, 6.07) is 8.39. The van der Waals surface area contributed by atoms with Crippen LogP contribution in [-0.2, 0) is 0 Å². The van der Waals surface area contributed by atoms with Gasteiger partial charge in [0.05, 0.1) is 11.0 Å². The number of benzene rings is 1. The van der Waals surface area contributed by atoms with E-state index in [0.717, 1.165) is 11.8 Å². The third kappa shape index (κ3) is 3.39. The Morgan fingerprint density at radius 2 is 2.16 bits per heavy atom. The van der Waals surface area contributed by atoms with E-state index >= 15 is 0 Å². The number of nitrogen functional groups attached to an aromatic ring is 1. The summed E-state index contributed by atoms with van der Waals surface area (Å²) in [6.45, 7) is 0. The van der Waals surface area contributed by atoms with Crippen LogP contribution in [0.5, 0.6) is 0 Å². The Hall–Kier alpha value is -2.19. The van der Waals surface area contributed by atoms with Crippen molar-refractivity contribution in [1.29, 1.82) is 0 Å². The van der Waals surface area contributed by atoms with Crippen LogP contribution in [0.2, 0.25) is 0 Å². The summed E-state index contributed by atoms with van der Waals surface area (Å²) in [6.07, 6.45) is 0. The number of hydrogen-bond donors (Lipinski definition) is 2. The summed E-state index contributed by atoms with van der Waals surface area (Å²) >= 11 is 1.11. The van der Waals surface area contributed by atoms with Crippen LogP contribution in [0.3, 0.4) is 0 Å². The Bertz CT molecular complexity index is 623. The topological polar surface area (TPSA) is 94.1 Å². The predicted octanol–water partition coefficient (Wildman–Crippen LogP) is 2.57. The molecule has 0 saturated heterocycles. The van der Waals surface area contributed by atoms with Crippen molar-refractivity contribution in [2.75, 3.05) is 5.43 Å². The quantitative estimate of drug-likeness (QED) is 0.508. The molecule has 6 nitrogen and oxygen atoms in total. The number of halogens is 1. The molecule has 0 atom stereocenters. The lowest BCUT2D eigenvalue weighted by Gasteiger charge is -2.04. The minimum Gasteiger partial charge on any atom is -0.308 e. The van der Waals surface area contributed by atoms with Gasteiger partial charge in [-0.1, -0.05) is 17.8 Å². The molecule has 2 rings (SSSR count). The van der Waals surface area contributed by atoms with E-state index < -0.39 is 4.92 Å². The summed E-state index contributed by atoms with van der Waals surface area (Å²) < 4.78 is 13.0. The SMILES string of the molecule is NNc1cc([N+](=O)[O-])cc(Sc2cccc(F)c2)n1. The van der Waals surface area contributed by atoms with Crippen LogP contribution in [-0.4, -0.2) is 9.91 Å². The van der Waals surface area contributed by atoms with E-state index in [1.165, 1.54) is 24.3 Å². The van der Waals surface area contributed by atoms with Gasteiger partial charge >= 0.3 is 0 Å². The fourth-order valence-electron chi connectivity index (χ4n) is 1.37. The average Bonchev–Trinajstić information content (AvgIpc) is 2.38. The fourth-order valence-corrected chi connectivity index (χ4v) is 2.26. The van der Waals surface area contributed by atoms with E-state index in [1.54, 1.807) is 12.1 Å². The maximum absolute atomic E-state index is 13.0. The van der Waals surface area contributed by atoms with Crippen molar-refractivity contribution in [3.8, 4) is 0 Å². The zero-order valence-electron chi connectivity index (χ0n) is 9.54. The second-order valence-corrected chi connectivity index (χ2v) is 4.60. The average molecular weight is 280 g/mol. The fraction of sp³-hybridized carbons (Fsp3) is 0. The second-order valence-electron chi connectivity index (χ2n) is 3.51. The molecule has 98 valence electrons. The van der Waals surface area contributed by atoms with E-state index in [1.807, 2.05) is 0 Å². The predicted molar refractivity (Wildman–Crippen MR) is 69.2 cm³/mol. The lowest BCUT2D eigenvalue weighted by atomic mass is 10.3. The van der Waals surface area contributed by atoms with Gasteiger partial charge in [0.2, 0.25) is 0 Å². The highest BCUT2D eigenvalue weighted by Crippen LogP contribution is 2.30. The molecule has 0 amide bonds. The summed E-state index contributed by atoms with van der Waals surface area (Å²) in [5, 5.41) is 11.1. The minimum atomic E-state index is -0.543. The molecular formula is C11H9FN4O2S. The number of nitrogens with two attached hydrogens (primary N) is 1. The van der Waals surface area contributed by atoms with Crippen LogP contribution >= 0.6 is 11.8 Å². The molecule has 1 aromatic heterocycles. The van der Waals surface area contributed by atoms with Crippen LogP contribution in [0.4, 0.5) is 15.9 Å². The summed E-state index contributed by atoms with van der Waals surface area (Å²) in [4.78, 5) is 14.9. The highest BCUT2D eigenvalue weighted by atomic mass is 32.2. The first-order chi connectivity index (χ1) is 9.08. The number of nitrogens with one attached hydrogen (secondary N) is 1. The molecule has 0 spiro atoms. The molecular weight excluding hydrogens is 271 g/mol.